The fourth-order valence-corrected chi connectivity index (χ4v) is 3.39. The Morgan fingerprint density at radius 1 is 1.29 bits per heavy atom. The minimum atomic E-state index is -0.472. The molecule has 1 atom stereocenters. The summed E-state index contributed by atoms with van der Waals surface area (Å²) in [6, 6.07) is 10.1. The molecule has 0 saturated heterocycles. The van der Waals surface area contributed by atoms with E-state index < -0.39 is 5.54 Å². The zero-order valence-corrected chi connectivity index (χ0v) is 13.5. The number of aromatic nitrogens is 3. The van der Waals surface area contributed by atoms with E-state index in [1.807, 2.05) is 55.8 Å². The molecule has 0 amide bonds. The van der Waals surface area contributed by atoms with Crippen LogP contribution in [0.2, 0.25) is 0 Å². The van der Waals surface area contributed by atoms with Gasteiger partial charge in [0.1, 0.15) is 5.82 Å². The monoisotopic (exact) mass is 306 g/mol. The predicted octanol–water partition coefficient (Wildman–Crippen LogP) is 1.71. The summed E-state index contributed by atoms with van der Waals surface area (Å²) in [6.45, 7) is 4.80. The molecule has 1 heterocycles. The molecule has 2 aromatic rings. The van der Waals surface area contributed by atoms with Crippen LogP contribution in [0, 0.1) is 6.92 Å². The van der Waals surface area contributed by atoms with Crippen LogP contribution >= 0.6 is 11.8 Å². The van der Waals surface area contributed by atoms with Gasteiger partial charge in [-0.2, -0.15) is 0 Å². The lowest BCUT2D eigenvalue weighted by atomic mass is 9.92. The first kappa shape index (κ1) is 16.0. The molecule has 114 valence electrons. The second-order valence-electron chi connectivity index (χ2n) is 5.01. The Hall–Kier alpha value is -1.37. The van der Waals surface area contributed by atoms with Gasteiger partial charge in [0.2, 0.25) is 0 Å². The number of nitrogens with zero attached hydrogens (tertiary/aromatic N) is 3. The number of thioether (sulfide) groups is 1. The third-order valence-electron chi connectivity index (χ3n) is 3.61. The van der Waals surface area contributed by atoms with Crippen LogP contribution in [0.25, 0.3) is 0 Å². The zero-order chi connectivity index (χ0) is 15.3. The van der Waals surface area contributed by atoms with Gasteiger partial charge in [0, 0.05) is 12.8 Å². The summed E-state index contributed by atoms with van der Waals surface area (Å²) in [5.74, 6) is 1.57. The van der Waals surface area contributed by atoms with E-state index in [9.17, 15) is 5.11 Å². The van der Waals surface area contributed by atoms with E-state index in [1.54, 1.807) is 11.8 Å². The third kappa shape index (κ3) is 3.45. The van der Waals surface area contributed by atoms with Gasteiger partial charge in [-0.05, 0) is 19.0 Å². The van der Waals surface area contributed by atoms with Crippen LogP contribution in [0.4, 0.5) is 0 Å². The van der Waals surface area contributed by atoms with Crippen molar-refractivity contribution in [2.45, 2.75) is 24.5 Å². The molecule has 2 rings (SSSR count). The molecule has 0 fully saturated rings. The number of aryl methyl sites for hydroxylation is 1. The fourth-order valence-electron chi connectivity index (χ4n) is 2.23. The fraction of sp³-hybridized carbons (Fsp3) is 0.467. The maximum atomic E-state index is 9.99. The summed E-state index contributed by atoms with van der Waals surface area (Å²) in [5.41, 5.74) is 0.612. The molecule has 1 unspecified atom stereocenters. The van der Waals surface area contributed by atoms with Crippen LogP contribution in [0.3, 0.4) is 0 Å². The van der Waals surface area contributed by atoms with Gasteiger partial charge in [-0.25, -0.2) is 0 Å². The third-order valence-corrected chi connectivity index (χ3v) is 4.86. The van der Waals surface area contributed by atoms with Crippen molar-refractivity contribution in [3.63, 3.8) is 0 Å². The van der Waals surface area contributed by atoms with Crippen molar-refractivity contribution in [1.29, 1.82) is 0 Å². The van der Waals surface area contributed by atoms with Crippen LogP contribution in [0.15, 0.2) is 35.5 Å². The quantitative estimate of drug-likeness (QED) is 0.763. The first-order valence-corrected chi connectivity index (χ1v) is 8.01. The summed E-state index contributed by atoms with van der Waals surface area (Å²) >= 11 is 1.60. The Labute approximate surface area is 129 Å². The second-order valence-corrected chi connectivity index (χ2v) is 5.96. The van der Waals surface area contributed by atoms with Gasteiger partial charge in [0.05, 0.1) is 12.1 Å². The molecule has 0 spiro atoms. The topological polar surface area (TPSA) is 63.0 Å². The summed E-state index contributed by atoms with van der Waals surface area (Å²) in [7, 11) is 1.95. The highest BCUT2D eigenvalue weighted by atomic mass is 32.2. The second kappa shape index (κ2) is 7.06. The highest BCUT2D eigenvalue weighted by Crippen LogP contribution is 2.28. The van der Waals surface area contributed by atoms with Crippen molar-refractivity contribution in [1.82, 2.24) is 20.1 Å². The lowest BCUT2D eigenvalue weighted by Gasteiger charge is -2.33. The Bertz CT molecular complexity index is 572. The Morgan fingerprint density at radius 2 is 2.00 bits per heavy atom. The molecule has 0 aliphatic rings. The number of hydrogen-bond acceptors (Lipinski definition) is 5. The summed E-state index contributed by atoms with van der Waals surface area (Å²) in [4.78, 5) is 0. The molecule has 0 radical (unpaired) electrons. The summed E-state index contributed by atoms with van der Waals surface area (Å²) in [6.07, 6.45) is 0. The molecular weight excluding hydrogens is 284 g/mol. The maximum Gasteiger partial charge on any atom is 0.191 e. The van der Waals surface area contributed by atoms with Crippen molar-refractivity contribution in [3.8, 4) is 0 Å². The molecule has 1 aromatic heterocycles. The number of aliphatic hydroxyl groups is 1. The zero-order valence-electron chi connectivity index (χ0n) is 12.7. The van der Waals surface area contributed by atoms with Gasteiger partial charge in [-0.3, -0.25) is 0 Å². The molecule has 2 N–H and O–H groups in total. The van der Waals surface area contributed by atoms with E-state index in [1.165, 1.54) is 0 Å². The largest absolute Gasteiger partial charge is 0.394 e. The van der Waals surface area contributed by atoms with Crippen LogP contribution < -0.4 is 5.32 Å². The van der Waals surface area contributed by atoms with E-state index in [4.69, 9.17) is 0 Å². The van der Waals surface area contributed by atoms with Crippen molar-refractivity contribution in [3.05, 3.63) is 41.7 Å². The van der Waals surface area contributed by atoms with E-state index in [2.05, 4.69) is 15.5 Å². The summed E-state index contributed by atoms with van der Waals surface area (Å²) < 4.78 is 1.96. The molecule has 21 heavy (non-hydrogen) atoms. The normalized spacial score (nSPS) is 14.1. The van der Waals surface area contributed by atoms with E-state index in [0.717, 1.165) is 23.1 Å². The number of likely N-dealkylation sites (N-methyl/N-ethyl adjacent to an activating group) is 1. The molecule has 1 aromatic carbocycles. The van der Waals surface area contributed by atoms with Crippen LogP contribution in [0.5, 0.6) is 0 Å². The molecule has 0 saturated carbocycles. The molecule has 0 bridgehead atoms. The van der Waals surface area contributed by atoms with Gasteiger partial charge in [-0.15, -0.1) is 10.2 Å². The minimum Gasteiger partial charge on any atom is -0.394 e. The molecule has 6 heteroatoms. The van der Waals surface area contributed by atoms with Crippen molar-refractivity contribution >= 4 is 11.8 Å². The Morgan fingerprint density at radius 3 is 2.52 bits per heavy atom. The van der Waals surface area contributed by atoms with Gasteiger partial charge in [0.25, 0.3) is 0 Å². The van der Waals surface area contributed by atoms with E-state index in [-0.39, 0.29) is 6.61 Å². The van der Waals surface area contributed by atoms with Crippen molar-refractivity contribution in [2.24, 2.45) is 7.05 Å². The number of hydrogen-bond donors (Lipinski definition) is 2. The van der Waals surface area contributed by atoms with Crippen LogP contribution in [-0.4, -0.2) is 38.8 Å². The highest BCUT2D eigenvalue weighted by Gasteiger charge is 2.31. The number of rotatable bonds is 7. The number of nitrogens with one attached hydrogen (secondary N) is 1. The van der Waals surface area contributed by atoms with Crippen LogP contribution in [0.1, 0.15) is 18.3 Å². The van der Waals surface area contributed by atoms with Gasteiger partial charge in [-0.1, -0.05) is 49.0 Å². The molecule has 5 nitrogen and oxygen atoms in total. The van der Waals surface area contributed by atoms with Gasteiger partial charge >= 0.3 is 0 Å². The minimum absolute atomic E-state index is 0.0364. The van der Waals surface area contributed by atoms with Crippen molar-refractivity contribution < 1.29 is 5.11 Å². The average Bonchev–Trinajstić information content (AvgIpc) is 2.84. The molecule has 0 aliphatic heterocycles. The highest BCUT2D eigenvalue weighted by molar-refractivity contribution is 7.99. The SMILES string of the molecule is CCNC(CO)(CSc1nnc(C)n1C)c1ccccc1. The lowest BCUT2D eigenvalue weighted by Crippen LogP contribution is -2.47. The Balaban J connectivity index is 2.22. The average molecular weight is 306 g/mol. The van der Waals surface area contributed by atoms with Crippen LogP contribution in [-0.2, 0) is 12.6 Å². The molecule has 0 aliphatic carbocycles. The lowest BCUT2D eigenvalue weighted by molar-refractivity contribution is 0.181. The van der Waals surface area contributed by atoms with Gasteiger partial charge < -0.3 is 15.0 Å². The predicted molar refractivity (Wildman–Crippen MR) is 85.3 cm³/mol. The van der Waals surface area contributed by atoms with Gasteiger partial charge in [0.15, 0.2) is 5.16 Å². The summed E-state index contributed by atoms with van der Waals surface area (Å²) in [5, 5.41) is 22.5. The number of benzene rings is 1. The smallest absolute Gasteiger partial charge is 0.191 e. The Kier molecular flexibility index (Phi) is 5.39. The molecular formula is C15H22N4OS. The standard InChI is InChI=1S/C15H22N4OS/c1-4-16-15(10-20,13-8-6-5-7-9-13)11-21-14-18-17-12(2)19(14)3/h5-9,16,20H,4,10-11H2,1-3H3. The first-order chi connectivity index (χ1) is 10.1. The first-order valence-electron chi connectivity index (χ1n) is 7.03. The maximum absolute atomic E-state index is 9.99. The van der Waals surface area contributed by atoms with Crippen molar-refractivity contribution in [2.75, 3.05) is 18.9 Å². The van der Waals surface area contributed by atoms with E-state index in [0.29, 0.717) is 5.75 Å². The van der Waals surface area contributed by atoms with E-state index >= 15 is 0 Å². The number of aliphatic hydroxyl groups excluding tert-OH is 1.